The average Bonchev–Trinajstić information content (AvgIpc) is 3.39. The van der Waals surface area contributed by atoms with Crippen molar-refractivity contribution in [2.75, 3.05) is 4.90 Å². The molecule has 0 aliphatic carbocycles. The number of aliphatic hydroxyl groups excluding tert-OH is 1. The Morgan fingerprint density at radius 1 is 0.941 bits per heavy atom. The van der Waals surface area contributed by atoms with Crippen molar-refractivity contribution in [1.29, 1.82) is 0 Å². The van der Waals surface area contributed by atoms with Crippen molar-refractivity contribution in [3.05, 3.63) is 102 Å². The first-order valence-corrected chi connectivity index (χ1v) is 11.1. The number of nitrogens with zero attached hydrogens (tertiary/aromatic N) is 1. The monoisotopic (exact) mass is 452 g/mol. The van der Waals surface area contributed by atoms with Gasteiger partial charge in [0.2, 0.25) is 0 Å². The second-order valence-electron chi connectivity index (χ2n) is 8.49. The van der Waals surface area contributed by atoms with Gasteiger partial charge in [-0.2, -0.15) is 0 Å². The van der Waals surface area contributed by atoms with E-state index in [0.717, 1.165) is 16.5 Å². The van der Waals surface area contributed by atoms with Crippen LogP contribution in [0.2, 0.25) is 0 Å². The van der Waals surface area contributed by atoms with Gasteiger partial charge < -0.3 is 14.8 Å². The van der Waals surface area contributed by atoms with E-state index in [0.29, 0.717) is 17.0 Å². The maximum atomic E-state index is 13.3. The first-order chi connectivity index (χ1) is 16.5. The number of aromatic amines is 1. The number of hydrogen-bond acceptors (Lipinski definition) is 4. The first kappa shape index (κ1) is 21.5. The zero-order valence-corrected chi connectivity index (χ0v) is 18.9. The van der Waals surface area contributed by atoms with E-state index in [2.05, 4.69) is 4.98 Å². The van der Waals surface area contributed by atoms with Crippen molar-refractivity contribution in [3.8, 4) is 5.75 Å². The molecule has 6 heteroatoms. The van der Waals surface area contributed by atoms with Gasteiger partial charge in [0.05, 0.1) is 17.7 Å². The van der Waals surface area contributed by atoms with Gasteiger partial charge in [-0.15, -0.1) is 0 Å². The van der Waals surface area contributed by atoms with Gasteiger partial charge in [0.25, 0.3) is 11.7 Å². The fourth-order valence-corrected chi connectivity index (χ4v) is 4.42. The van der Waals surface area contributed by atoms with Crippen LogP contribution in [-0.4, -0.2) is 27.9 Å². The van der Waals surface area contributed by atoms with Crippen molar-refractivity contribution in [3.63, 3.8) is 0 Å². The second kappa shape index (κ2) is 8.56. The summed E-state index contributed by atoms with van der Waals surface area (Å²) in [4.78, 5) is 31.2. The number of benzene rings is 3. The Bertz CT molecular complexity index is 1400. The van der Waals surface area contributed by atoms with Gasteiger partial charge in [-0.25, -0.2) is 0 Å². The first-order valence-electron chi connectivity index (χ1n) is 11.1. The average molecular weight is 453 g/mol. The lowest BCUT2D eigenvalue weighted by Crippen LogP contribution is -2.29. The van der Waals surface area contributed by atoms with E-state index in [1.54, 1.807) is 30.5 Å². The molecule has 2 heterocycles. The van der Waals surface area contributed by atoms with Crippen LogP contribution in [0.5, 0.6) is 5.75 Å². The van der Waals surface area contributed by atoms with Crippen LogP contribution in [0, 0.1) is 0 Å². The Kier molecular flexibility index (Phi) is 5.42. The fraction of sp³-hybridized carbons (Fsp3) is 0.143. The molecule has 0 bridgehead atoms. The maximum Gasteiger partial charge on any atom is 0.300 e. The topological polar surface area (TPSA) is 82.6 Å². The van der Waals surface area contributed by atoms with Gasteiger partial charge in [-0.1, -0.05) is 48.5 Å². The van der Waals surface area contributed by atoms with E-state index < -0.39 is 17.7 Å². The number of rotatable bonds is 5. The third-order valence-corrected chi connectivity index (χ3v) is 5.89. The Labute approximate surface area is 197 Å². The Balaban J connectivity index is 1.67. The SMILES string of the molecule is CC(C)Oc1ccc(N2C(=O)C(=O)/C(=C(\O)c3c[nH]c4ccccc34)C2c2ccccc2)cc1. The smallest absolute Gasteiger partial charge is 0.300 e. The number of hydrogen-bond donors (Lipinski definition) is 2. The molecule has 3 aromatic carbocycles. The molecular weight excluding hydrogens is 428 g/mol. The van der Waals surface area contributed by atoms with Gasteiger partial charge in [-0.3, -0.25) is 14.5 Å². The predicted octanol–water partition coefficient (Wildman–Crippen LogP) is 5.58. The highest BCUT2D eigenvalue weighted by molar-refractivity contribution is 6.51. The number of anilines is 1. The summed E-state index contributed by atoms with van der Waals surface area (Å²) in [5.74, 6) is -0.941. The summed E-state index contributed by atoms with van der Waals surface area (Å²) in [6, 6.07) is 23.1. The van der Waals surface area contributed by atoms with Gasteiger partial charge >= 0.3 is 0 Å². The van der Waals surface area contributed by atoms with Gasteiger partial charge in [0, 0.05) is 28.4 Å². The lowest BCUT2D eigenvalue weighted by atomic mass is 9.95. The molecule has 2 N–H and O–H groups in total. The Morgan fingerprint density at radius 3 is 2.32 bits per heavy atom. The molecule has 34 heavy (non-hydrogen) atoms. The predicted molar refractivity (Wildman–Crippen MR) is 132 cm³/mol. The molecule has 1 atom stereocenters. The van der Waals surface area contributed by atoms with E-state index in [1.807, 2.05) is 68.4 Å². The number of amides is 1. The van der Waals surface area contributed by atoms with Crippen LogP contribution >= 0.6 is 0 Å². The van der Waals surface area contributed by atoms with Gasteiger partial charge in [0.15, 0.2) is 0 Å². The minimum absolute atomic E-state index is 0.0144. The number of carbonyl (C=O) groups excluding carboxylic acids is 2. The summed E-state index contributed by atoms with van der Waals surface area (Å²) in [6.07, 6.45) is 1.67. The number of Topliss-reactive ketones (excluding diaryl/α,β-unsaturated/α-hetero) is 1. The summed E-state index contributed by atoms with van der Waals surface area (Å²) in [6.45, 7) is 3.87. The highest BCUT2D eigenvalue weighted by Gasteiger charge is 2.47. The van der Waals surface area contributed by atoms with Crippen LogP contribution in [0.25, 0.3) is 16.7 Å². The quantitative estimate of drug-likeness (QED) is 0.235. The minimum Gasteiger partial charge on any atom is -0.507 e. The molecule has 0 radical (unpaired) electrons. The lowest BCUT2D eigenvalue weighted by molar-refractivity contribution is -0.132. The summed E-state index contributed by atoms with van der Waals surface area (Å²) in [5, 5.41) is 12.1. The molecule has 1 aliphatic rings. The van der Waals surface area contributed by atoms with Gasteiger partial charge in [0.1, 0.15) is 11.5 Å². The second-order valence-corrected chi connectivity index (χ2v) is 8.49. The van der Waals surface area contributed by atoms with E-state index in [1.165, 1.54) is 4.90 Å². The molecule has 1 unspecified atom stereocenters. The highest BCUT2D eigenvalue weighted by Crippen LogP contribution is 2.43. The van der Waals surface area contributed by atoms with Crippen LogP contribution in [0.15, 0.2) is 90.6 Å². The molecule has 1 saturated heterocycles. The molecule has 0 spiro atoms. The van der Waals surface area contributed by atoms with Gasteiger partial charge in [-0.05, 0) is 49.7 Å². The Morgan fingerprint density at radius 2 is 1.62 bits per heavy atom. The number of fused-ring (bicyclic) bond motifs is 1. The lowest BCUT2D eigenvalue weighted by Gasteiger charge is -2.25. The number of ether oxygens (including phenoxy) is 1. The summed E-state index contributed by atoms with van der Waals surface area (Å²) < 4.78 is 5.72. The number of ketones is 1. The van der Waals surface area contributed by atoms with Crippen LogP contribution in [0.4, 0.5) is 5.69 Å². The van der Waals surface area contributed by atoms with Crippen LogP contribution in [0.3, 0.4) is 0 Å². The van der Waals surface area contributed by atoms with Crippen LogP contribution < -0.4 is 9.64 Å². The highest BCUT2D eigenvalue weighted by atomic mass is 16.5. The number of aromatic nitrogens is 1. The van der Waals surface area contributed by atoms with Crippen molar-refractivity contribution in [1.82, 2.24) is 4.98 Å². The third-order valence-electron chi connectivity index (χ3n) is 5.89. The number of para-hydroxylation sites is 1. The molecule has 5 rings (SSSR count). The molecule has 1 amide bonds. The number of H-pyrrole nitrogens is 1. The maximum absolute atomic E-state index is 13.3. The van der Waals surface area contributed by atoms with Crippen molar-refractivity contribution < 1.29 is 19.4 Å². The number of nitrogens with one attached hydrogen (secondary N) is 1. The molecule has 1 aromatic heterocycles. The zero-order chi connectivity index (χ0) is 23.8. The van der Waals surface area contributed by atoms with E-state index >= 15 is 0 Å². The minimum atomic E-state index is -0.772. The normalized spacial score (nSPS) is 17.6. The molecule has 1 fully saturated rings. The largest absolute Gasteiger partial charge is 0.507 e. The third kappa shape index (κ3) is 3.63. The summed E-state index contributed by atoms with van der Waals surface area (Å²) >= 11 is 0. The van der Waals surface area contributed by atoms with Crippen LogP contribution in [-0.2, 0) is 9.59 Å². The number of aliphatic hydroxyl groups is 1. The molecular formula is C28H24N2O4. The Hall–Kier alpha value is -4.32. The zero-order valence-electron chi connectivity index (χ0n) is 18.9. The summed E-state index contributed by atoms with van der Waals surface area (Å²) in [5.41, 5.74) is 2.64. The van der Waals surface area contributed by atoms with E-state index in [-0.39, 0.29) is 17.4 Å². The molecule has 1 aliphatic heterocycles. The fourth-order valence-electron chi connectivity index (χ4n) is 4.42. The van der Waals surface area contributed by atoms with Crippen molar-refractivity contribution in [2.45, 2.75) is 26.0 Å². The standard InChI is InChI=1S/C28H24N2O4/c1-17(2)34-20-14-12-19(13-15-20)30-25(18-8-4-3-5-9-18)24(27(32)28(30)33)26(31)22-16-29-23-11-7-6-10-21(22)23/h3-17,25,29,31H,1-2H3/b26-24-. The number of carbonyl (C=O) groups is 2. The van der Waals surface area contributed by atoms with Crippen LogP contribution in [0.1, 0.15) is 31.0 Å². The molecule has 4 aromatic rings. The van der Waals surface area contributed by atoms with E-state index in [4.69, 9.17) is 4.74 Å². The molecule has 170 valence electrons. The summed E-state index contributed by atoms with van der Waals surface area (Å²) in [7, 11) is 0. The molecule has 0 saturated carbocycles. The van der Waals surface area contributed by atoms with E-state index in [9.17, 15) is 14.7 Å². The molecule has 6 nitrogen and oxygen atoms in total. The van der Waals surface area contributed by atoms with Crippen molar-refractivity contribution >= 4 is 34.0 Å². The van der Waals surface area contributed by atoms with Crippen molar-refractivity contribution in [2.24, 2.45) is 0 Å².